The van der Waals surface area contributed by atoms with Crippen molar-refractivity contribution in [2.45, 2.75) is 13.8 Å². The Hall–Kier alpha value is -3.94. The Morgan fingerprint density at radius 2 is 1.80 bits per heavy atom. The highest BCUT2D eigenvalue weighted by Crippen LogP contribution is 2.20. The SMILES string of the molecule is Cc1cccc(C)c1NC(=O)CO/N=C(\N)c1ccc(Oc2ccc(F)cc2)nc1. The van der Waals surface area contributed by atoms with Crippen molar-refractivity contribution in [1.29, 1.82) is 0 Å². The van der Waals surface area contributed by atoms with Gasteiger partial charge in [-0.25, -0.2) is 9.37 Å². The Morgan fingerprint density at radius 3 is 2.43 bits per heavy atom. The number of halogens is 1. The maximum absolute atomic E-state index is 12.9. The lowest BCUT2D eigenvalue weighted by Crippen LogP contribution is -2.20. The molecule has 0 aliphatic rings. The molecule has 0 aliphatic carbocycles. The first kappa shape index (κ1) is 20.8. The Balaban J connectivity index is 1.53. The molecular formula is C22H21FN4O3. The molecule has 3 aromatic rings. The predicted molar refractivity (Wildman–Crippen MR) is 112 cm³/mol. The molecule has 0 saturated carbocycles. The van der Waals surface area contributed by atoms with E-state index in [1.54, 1.807) is 12.1 Å². The van der Waals surface area contributed by atoms with Gasteiger partial charge in [0, 0.05) is 23.5 Å². The van der Waals surface area contributed by atoms with Crippen molar-refractivity contribution in [2.24, 2.45) is 10.9 Å². The summed E-state index contributed by atoms with van der Waals surface area (Å²) >= 11 is 0. The normalized spacial score (nSPS) is 11.1. The van der Waals surface area contributed by atoms with E-state index in [4.69, 9.17) is 15.3 Å². The van der Waals surface area contributed by atoms with E-state index in [-0.39, 0.29) is 24.2 Å². The molecule has 30 heavy (non-hydrogen) atoms. The van der Waals surface area contributed by atoms with Crippen molar-refractivity contribution in [2.75, 3.05) is 11.9 Å². The number of rotatable bonds is 7. The molecule has 2 aromatic carbocycles. The van der Waals surface area contributed by atoms with Crippen molar-refractivity contribution in [3.05, 3.63) is 83.3 Å². The maximum Gasteiger partial charge on any atom is 0.265 e. The number of carbonyl (C=O) groups excluding carboxylic acids is 1. The molecular weight excluding hydrogens is 387 g/mol. The van der Waals surface area contributed by atoms with E-state index in [1.807, 2.05) is 32.0 Å². The average molecular weight is 408 g/mol. The Bertz CT molecular complexity index is 1030. The van der Waals surface area contributed by atoms with E-state index in [0.717, 1.165) is 16.8 Å². The lowest BCUT2D eigenvalue weighted by atomic mass is 10.1. The van der Waals surface area contributed by atoms with Gasteiger partial charge < -0.3 is 20.6 Å². The molecule has 154 valence electrons. The molecule has 8 heteroatoms. The molecule has 0 saturated heterocycles. The second kappa shape index (κ2) is 9.51. The second-order valence-electron chi connectivity index (χ2n) is 6.51. The van der Waals surface area contributed by atoms with Crippen LogP contribution in [0.3, 0.4) is 0 Å². The van der Waals surface area contributed by atoms with Crippen molar-refractivity contribution in [3.63, 3.8) is 0 Å². The highest BCUT2D eigenvalue weighted by molar-refractivity contribution is 5.97. The second-order valence-corrected chi connectivity index (χ2v) is 6.51. The van der Waals surface area contributed by atoms with Gasteiger partial charge in [0.2, 0.25) is 5.88 Å². The van der Waals surface area contributed by atoms with Crippen LogP contribution >= 0.6 is 0 Å². The minimum absolute atomic E-state index is 0.0655. The third kappa shape index (κ3) is 5.54. The van der Waals surface area contributed by atoms with E-state index >= 15 is 0 Å². The van der Waals surface area contributed by atoms with Crippen molar-refractivity contribution >= 4 is 17.4 Å². The minimum Gasteiger partial charge on any atom is -0.439 e. The topological polar surface area (TPSA) is 98.8 Å². The number of nitrogens with two attached hydrogens (primary N) is 1. The molecule has 3 N–H and O–H groups in total. The zero-order valence-electron chi connectivity index (χ0n) is 16.6. The van der Waals surface area contributed by atoms with Gasteiger partial charge in [0.25, 0.3) is 5.91 Å². The molecule has 0 radical (unpaired) electrons. The molecule has 1 aromatic heterocycles. The van der Waals surface area contributed by atoms with Gasteiger partial charge in [-0.15, -0.1) is 0 Å². The number of ether oxygens (including phenoxy) is 1. The standard InChI is InChI=1S/C22H21FN4O3/c1-14-4-3-5-15(2)21(14)26-19(28)13-29-27-22(24)16-6-11-20(25-12-16)30-18-9-7-17(23)8-10-18/h3-12H,13H2,1-2H3,(H2,24,27)(H,26,28). The predicted octanol–water partition coefficient (Wildman–Crippen LogP) is 3.91. The van der Waals surface area contributed by atoms with Crippen LogP contribution < -0.4 is 15.8 Å². The number of aryl methyl sites for hydroxylation is 2. The summed E-state index contributed by atoms with van der Waals surface area (Å²) in [5, 5.41) is 6.56. The van der Waals surface area contributed by atoms with Gasteiger partial charge in [-0.1, -0.05) is 23.4 Å². The van der Waals surface area contributed by atoms with Crippen LogP contribution in [0.15, 0.2) is 65.9 Å². The number of oxime groups is 1. The highest BCUT2D eigenvalue weighted by Gasteiger charge is 2.08. The van der Waals surface area contributed by atoms with Gasteiger partial charge in [-0.05, 0) is 55.3 Å². The quantitative estimate of drug-likeness (QED) is 0.351. The number of nitrogens with zero attached hydrogens (tertiary/aromatic N) is 2. The number of hydrogen-bond donors (Lipinski definition) is 2. The zero-order chi connectivity index (χ0) is 21.5. The summed E-state index contributed by atoms with van der Waals surface area (Å²) in [4.78, 5) is 21.3. The maximum atomic E-state index is 12.9. The number of amidine groups is 1. The number of nitrogens with one attached hydrogen (secondary N) is 1. The zero-order valence-corrected chi connectivity index (χ0v) is 16.6. The lowest BCUT2D eigenvalue weighted by molar-refractivity contribution is -0.120. The Morgan fingerprint density at radius 1 is 1.10 bits per heavy atom. The van der Waals surface area contributed by atoms with Gasteiger partial charge in [0.15, 0.2) is 12.4 Å². The smallest absolute Gasteiger partial charge is 0.265 e. The fraction of sp³-hybridized carbons (Fsp3) is 0.136. The lowest BCUT2D eigenvalue weighted by Gasteiger charge is -2.10. The number of pyridine rings is 1. The number of benzene rings is 2. The molecule has 1 amide bonds. The molecule has 0 atom stereocenters. The summed E-state index contributed by atoms with van der Waals surface area (Å²) in [7, 11) is 0. The number of carbonyl (C=O) groups is 1. The third-order valence-corrected chi connectivity index (χ3v) is 4.17. The van der Waals surface area contributed by atoms with E-state index in [1.165, 1.54) is 30.5 Å². The van der Waals surface area contributed by atoms with Crippen LogP contribution in [0.5, 0.6) is 11.6 Å². The molecule has 0 fully saturated rings. The monoisotopic (exact) mass is 408 g/mol. The summed E-state index contributed by atoms with van der Waals surface area (Å²) in [6.45, 7) is 3.54. The number of aromatic nitrogens is 1. The van der Waals surface area contributed by atoms with Gasteiger partial charge >= 0.3 is 0 Å². The first-order valence-electron chi connectivity index (χ1n) is 9.13. The molecule has 0 aliphatic heterocycles. The van der Waals surface area contributed by atoms with Gasteiger partial charge in [-0.2, -0.15) is 0 Å². The van der Waals surface area contributed by atoms with Crippen LogP contribution in [0, 0.1) is 19.7 Å². The third-order valence-electron chi connectivity index (χ3n) is 4.17. The first-order valence-corrected chi connectivity index (χ1v) is 9.13. The number of amides is 1. The van der Waals surface area contributed by atoms with Crippen LogP contribution in [-0.4, -0.2) is 23.3 Å². The molecule has 0 spiro atoms. The highest BCUT2D eigenvalue weighted by atomic mass is 19.1. The van der Waals surface area contributed by atoms with Gasteiger partial charge in [0.1, 0.15) is 11.6 Å². The minimum atomic E-state index is -0.350. The van der Waals surface area contributed by atoms with E-state index < -0.39 is 0 Å². The summed E-state index contributed by atoms with van der Waals surface area (Å²) in [6.07, 6.45) is 1.46. The molecule has 3 rings (SSSR count). The number of para-hydroxylation sites is 1. The van der Waals surface area contributed by atoms with E-state index in [9.17, 15) is 9.18 Å². The number of hydrogen-bond acceptors (Lipinski definition) is 5. The first-order chi connectivity index (χ1) is 14.4. The Labute approximate surface area is 173 Å². The summed E-state index contributed by atoms with van der Waals surface area (Å²) in [5.41, 5.74) is 9.04. The molecule has 7 nitrogen and oxygen atoms in total. The van der Waals surface area contributed by atoms with Crippen LogP contribution in [0.4, 0.5) is 10.1 Å². The van der Waals surface area contributed by atoms with Crippen molar-refractivity contribution < 1.29 is 18.8 Å². The van der Waals surface area contributed by atoms with Crippen LogP contribution in [-0.2, 0) is 9.63 Å². The van der Waals surface area contributed by atoms with E-state index in [2.05, 4.69) is 15.5 Å². The van der Waals surface area contributed by atoms with Gasteiger partial charge in [0.05, 0.1) is 0 Å². The largest absolute Gasteiger partial charge is 0.439 e. The summed E-state index contributed by atoms with van der Waals surface area (Å²) < 4.78 is 18.4. The Kier molecular flexibility index (Phi) is 6.59. The molecule has 0 unspecified atom stereocenters. The van der Waals surface area contributed by atoms with E-state index in [0.29, 0.717) is 17.2 Å². The average Bonchev–Trinajstić information content (AvgIpc) is 2.73. The number of anilines is 1. The van der Waals surface area contributed by atoms with Crippen molar-refractivity contribution in [1.82, 2.24) is 4.98 Å². The summed E-state index contributed by atoms with van der Waals surface area (Å²) in [6, 6.07) is 14.6. The van der Waals surface area contributed by atoms with Crippen LogP contribution in [0.25, 0.3) is 0 Å². The fourth-order valence-corrected chi connectivity index (χ4v) is 2.62. The molecule has 0 bridgehead atoms. The van der Waals surface area contributed by atoms with Crippen molar-refractivity contribution in [3.8, 4) is 11.6 Å². The van der Waals surface area contributed by atoms with Crippen LogP contribution in [0.2, 0.25) is 0 Å². The van der Waals surface area contributed by atoms with Crippen LogP contribution in [0.1, 0.15) is 16.7 Å². The fourth-order valence-electron chi connectivity index (χ4n) is 2.62. The summed E-state index contributed by atoms with van der Waals surface area (Å²) in [5.74, 6) is 0.141. The molecule has 1 heterocycles. The van der Waals surface area contributed by atoms with Gasteiger partial charge in [-0.3, -0.25) is 4.79 Å².